The fourth-order valence-electron chi connectivity index (χ4n) is 4.25. The number of anilines is 1. The summed E-state index contributed by atoms with van der Waals surface area (Å²) in [5, 5.41) is 10.3. The molecule has 2 aromatic carbocycles. The average molecular weight is 437 g/mol. The van der Waals surface area contributed by atoms with Crippen molar-refractivity contribution in [2.45, 2.75) is 25.3 Å². The molecule has 2 fully saturated rings. The van der Waals surface area contributed by atoms with Crippen LogP contribution in [0.4, 0.5) is 10.1 Å². The Kier molecular flexibility index (Phi) is 6.00. The quantitative estimate of drug-likeness (QED) is 0.713. The van der Waals surface area contributed by atoms with Gasteiger partial charge in [-0.3, -0.25) is 9.69 Å². The van der Waals surface area contributed by atoms with Gasteiger partial charge in [0.05, 0.1) is 21.7 Å². The van der Waals surface area contributed by atoms with E-state index in [1.165, 1.54) is 0 Å². The van der Waals surface area contributed by atoms with Gasteiger partial charge in [0.25, 0.3) is 0 Å². The van der Waals surface area contributed by atoms with E-state index in [1.807, 2.05) is 30.3 Å². The lowest BCUT2D eigenvalue weighted by Gasteiger charge is -2.42. The zero-order chi connectivity index (χ0) is 20.5. The van der Waals surface area contributed by atoms with Crippen molar-refractivity contribution in [1.29, 1.82) is 0 Å². The van der Waals surface area contributed by atoms with Gasteiger partial charge in [0.15, 0.2) is 0 Å². The van der Waals surface area contributed by atoms with Crippen LogP contribution in [0, 0.1) is 11.7 Å². The first kappa shape index (κ1) is 20.5. The van der Waals surface area contributed by atoms with Crippen LogP contribution in [0.5, 0.6) is 0 Å². The molecular formula is C22H23Cl2FN2O2. The second-order valence-electron chi connectivity index (χ2n) is 7.92. The van der Waals surface area contributed by atoms with Gasteiger partial charge in [0.2, 0.25) is 0 Å². The SMILES string of the molecule is O=C(O)C1CCN(Cc2ccc(C3CN(c4c(Cl)cccc4Cl)C3)c(F)c2)CC1. The number of hydrogen-bond acceptors (Lipinski definition) is 3. The summed E-state index contributed by atoms with van der Waals surface area (Å²) in [6.07, 6.45) is 1.30. The van der Waals surface area contributed by atoms with Crippen molar-refractivity contribution in [1.82, 2.24) is 4.90 Å². The molecule has 2 aliphatic rings. The minimum absolute atomic E-state index is 0.114. The van der Waals surface area contributed by atoms with Gasteiger partial charge in [-0.25, -0.2) is 4.39 Å². The van der Waals surface area contributed by atoms with Gasteiger partial charge in [-0.15, -0.1) is 0 Å². The zero-order valence-corrected chi connectivity index (χ0v) is 17.5. The topological polar surface area (TPSA) is 43.8 Å². The molecule has 4 nitrogen and oxygen atoms in total. The highest BCUT2D eigenvalue weighted by Gasteiger charge is 2.32. The third-order valence-corrected chi connectivity index (χ3v) is 6.59. The van der Waals surface area contributed by atoms with Crippen molar-refractivity contribution < 1.29 is 14.3 Å². The first-order valence-corrected chi connectivity index (χ1v) is 10.6. The lowest BCUT2D eigenvalue weighted by molar-refractivity contribution is -0.143. The van der Waals surface area contributed by atoms with E-state index in [9.17, 15) is 9.18 Å². The Morgan fingerprint density at radius 1 is 1.10 bits per heavy atom. The molecule has 154 valence electrons. The highest BCUT2D eigenvalue weighted by molar-refractivity contribution is 6.39. The Balaban J connectivity index is 1.36. The molecule has 0 amide bonds. The third-order valence-electron chi connectivity index (χ3n) is 5.98. The molecule has 0 spiro atoms. The number of nitrogens with zero attached hydrogens (tertiary/aromatic N) is 2. The fraction of sp³-hybridized carbons (Fsp3) is 0.409. The molecule has 0 unspecified atom stereocenters. The summed E-state index contributed by atoms with van der Waals surface area (Å²) in [4.78, 5) is 15.3. The molecule has 2 saturated heterocycles. The smallest absolute Gasteiger partial charge is 0.306 e. The van der Waals surface area contributed by atoms with Crippen LogP contribution in [0.25, 0.3) is 0 Å². The Morgan fingerprint density at radius 3 is 2.34 bits per heavy atom. The minimum Gasteiger partial charge on any atom is -0.481 e. The number of para-hydroxylation sites is 1. The fourth-order valence-corrected chi connectivity index (χ4v) is 4.88. The molecule has 0 saturated carbocycles. The van der Waals surface area contributed by atoms with E-state index in [4.69, 9.17) is 28.3 Å². The van der Waals surface area contributed by atoms with Gasteiger partial charge in [-0.1, -0.05) is 41.4 Å². The summed E-state index contributed by atoms with van der Waals surface area (Å²) >= 11 is 12.5. The van der Waals surface area contributed by atoms with Crippen LogP contribution in [-0.2, 0) is 11.3 Å². The lowest BCUT2D eigenvalue weighted by Crippen LogP contribution is -2.45. The molecule has 7 heteroatoms. The van der Waals surface area contributed by atoms with E-state index in [-0.39, 0.29) is 17.7 Å². The standard InChI is InChI=1S/C22H23Cl2FN2O2/c23-18-2-1-3-19(24)21(18)27-12-16(13-27)17-5-4-14(10-20(17)25)11-26-8-6-15(7-9-26)22(28)29/h1-5,10,15-16H,6-9,11-13H2,(H,28,29). The molecule has 4 rings (SSSR count). The van der Waals surface area contributed by atoms with Crippen LogP contribution in [0.2, 0.25) is 10.0 Å². The number of carbonyl (C=O) groups is 1. The number of hydrogen-bond donors (Lipinski definition) is 1. The molecule has 0 atom stereocenters. The largest absolute Gasteiger partial charge is 0.481 e. The van der Waals surface area contributed by atoms with E-state index in [1.54, 1.807) is 6.07 Å². The van der Waals surface area contributed by atoms with Crippen LogP contribution in [0.15, 0.2) is 36.4 Å². The van der Waals surface area contributed by atoms with E-state index in [0.717, 1.165) is 29.9 Å². The molecule has 0 aliphatic carbocycles. The van der Waals surface area contributed by atoms with Crippen LogP contribution in [0.1, 0.15) is 29.9 Å². The summed E-state index contributed by atoms with van der Waals surface area (Å²) in [7, 11) is 0. The average Bonchev–Trinajstić information content (AvgIpc) is 2.64. The van der Waals surface area contributed by atoms with Crippen molar-refractivity contribution in [2.24, 2.45) is 5.92 Å². The van der Waals surface area contributed by atoms with Crippen LogP contribution >= 0.6 is 23.2 Å². The number of benzene rings is 2. The zero-order valence-electron chi connectivity index (χ0n) is 16.0. The van der Waals surface area contributed by atoms with E-state index in [0.29, 0.717) is 42.5 Å². The van der Waals surface area contributed by atoms with Gasteiger partial charge in [-0.2, -0.15) is 0 Å². The van der Waals surface area contributed by atoms with Gasteiger partial charge in [0, 0.05) is 25.6 Å². The molecule has 2 heterocycles. The first-order chi connectivity index (χ1) is 13.9. The van der Waals surface area contributed by atoms with Gasteiger partial charge < -0.3 is 10.0 Å². The van der Waals surface area contributed by atoms with Crippen molar-refractivity contribution in [2.75, 3.05) is 31.1 Å². The highest BCUT2D eigenvalue weighted by Crippen LogP contribution is 2.40. The molecular weight excluding hydrogens is 414 g/mol. The molecule has 0 aromatic heterocycles. The van der Waals surface area contributed by atoms with Gasteiger partial charge in [-0.05, 0) is 55.3 Å². The summed E-state index contributed by atoms with van der Waals surface area (Å²) in [5.74, 6) is -1.04. The van der Waals surface area contributed by atoms with E-state index >= 15 is 0 Å². The van der Waals surface area contributed by atoms with Gasteiger partial charge >= 0.3 is 5.97 Å². The Morgan fingerprint density at radius 2 is 1.76 bits per heavy atom. The molecule has 1 N–H and O–H groups in total. The molecule has 2 aromatic rings. The number of carboxylic acid groups (broad SMARTS) is 1. The normalized spacial score (nSPS) is 18.7. The third kappa shape index (κ3) is 4.37. The Hall–Kier alpha value is -1.82. The first-order valence-electron chi connectivity index (χ1n) is 9.85. The van der Waals surface area contributed by atoms with Crippen LogP contribution < -0.4 is 4.90 Å². The van der Waals surface area contributed by atoms with Crippen LogP contribution in [0.3, 0.4) is 0 Å². The predicted molar refractivity (Wildman–Crippen MR) is 113 cm³/mol. The second kappa shape index (κ2) is 8.50. The maximum absolute atomic E-state index is 14.8. The summed E-state index contributed by atoms with van der Waals surface area (Å²) in [6.45, 7) is 3.48. The molecule has 29 heavy (non-hydrogen) atoms. The molecule has 0 radical (unpaired) electrons. The number of piperidine rings is 1. The van der Waals surface area contributed by atoms with E-state index in [2.05, 4.69) is 9.80 Å². The van der Waals surface area contributed by atoms with Crippen molar-refractivity contribution in [3.63, 3.8) is 0 Å². The Labute approximate surface area is 179 Å². The number of carboxylic acids is 1. The van der Waals surface area contributed by atoms with Crippen molar-refractivity contribution >= 4 is 34.9 Å². The molecule has 2 aliphatic heterocycles. The van der Waals surface area contributed by atoms with E-state index < -0.39 is 5.97 Å². The highest BCUT2D eigenvalue weighted by atomic mass is 35.5. The second-order valence-corrected chi connectivity index (χ2v) is 8.73. The number of aliphatic carboxylic acids is 1. The van der Waals surface area contributed by atoms with Crippen LogP contribution in [-0.4, -0.2) is 42.2 Å². The number of rotatable bonds is 5. The summed E-state index contributed by atoms with van der Waals surface area (Å²) < 4.78 is 14.8. The number of likely N-dealkylation sites (tertiary alicyclic amines) is 1. The predicted octanol–water partition coefficient (Wildman–Crippen LogP) is 5.03. The van der Waals surface area contributed by atoms with Gasteiger partial charge in [0.1, 0.15) is 5.82 Å². The maximum Gasteiger partial charge on any atom is 0.306 e. The minimum atomic E-state index is -0.715. The van der Waals surface area contributed by atoms with Crippen molar-refractivity contribution in [3.8, 4) is 0 Å². The Bertz CT molecular complexity index is 889. The number of halogens is 3. The summed E-state index contributed by atoms with van der Waals surface area (Å²) in [5.41, 5.74) is 2.46. The monoisotopic (exact) mass is 436 g/mol. The maximum atomic E-state index is 14.8. The molecule has 0 bridgehead atoms. The summed E-state index contributed by atoms with van der Waals surface area (Å²) in [6, 6.07) is 10.9. The van der Waals surface area contributed by atoms with Crippen molar-refractivity contribution in [3.05, 3.63) is 63.4 Å². The lowest BCUT2D eigenvalue weighted by atomic mass is 9.89.